The number of carbonyl (C=O) groups excluding carboxylic acids is 1. The molecule has 66 heavy (non-hydrogen) atoms. The highest BCUT2D eigenvalue weighted by molar-refractivity contribution is 7.47. The normalized spacial score (nSPS) is 13.6. The van der Waals surface area contributed by atoms with Crippen molar-refractivity contribution in [1.29, 1.82) is 0 Å². The van der Waals surface area contributed by atoms with Crippen molar-refractivity contribution in [1.82, 2.24) is 0 Å². The number of ether oxygens (including phenoxy) is 2. The molecule has 0 radical (unpaired) electrons. The lowest BCUT2D eigenvalue weighted by Gasteiger charge is -2.24. The summed E-state index contributed by atoms with van der Waals surface area (Å²) in [4.78, 5) is 23.0. The fraction of sp³-hybridized carbons (Fsp3) is 0.912. The highest BCUT2D eigenvalue weighted by Gasteiger charge is 2.26. The average Bonchev–Trinajstić information content (AvgIpc) is 3.28. The van der Waals surface area contributed by atoms with Crippen LogP contribution in [-0.2, 0) is 27.9 Å². The summed E-state index contributed by atoms with van der Waals surface area (Å²) in [6.45, 7) is 5.66. The number of carbonyl (C=O) groups is 1. The Morgan fingerprint density at radius 2 is 0.833 bits per heavy atom. The van der Waals surface area contributed by atoms with E-state index in [0.29, 0.717) is 24.1 Å². The third kappa shape index (κ3) is 53.9. The van der Waals surface area contributed by atoms with Crippen LogP contribution in [0.2, 0.25) is 0 Å². The summed E-state index contributed by atoms with van der Waals surface area (Å²) < 4.78 is 35.2. The molecule has 2 atom stereocenters. The van der Waals surface area contributed by atoms with E-state index >= 15 is 0 Å². The van der Waals surface area contributed by atoms with Crippen LogP contribution >= 0.6 is 7.82 Å². The predicted octanol–water partition coefficient (Wildman–Crippen LogP) is 17.9. The number of hydrogen-bond donors (Lipinski definition) is 1. The predicted molar refractivity (Wildman–Crippen MR) is 284 cm³/mol. The number of rotatable bonds is 54. The van der Waals surface area contributed by atoms with Gasteiger partial charge in [-0.15, -0.1) is 0 Å². The molecule has 0 spiro atoms. The van der Waals surface area contributed by atoms with Gasteiger partial charge in [-0.3, -0.25) is 13.8 Å². The van der Waals surface area contributed by atoms with Crippen molar-refractivity contribution in [3.8, 4) is 0 Å². The van der Waals surface area contributed by atoms with Gasteiger partial charge in [-0.05, 0) is 44.9 Å². The maximum Gasteiger partial charge on any atom is 0.472 e. The standard InChI is InChI=1S/C57H112NO7P/c1-6-8-10-12-14-16-18-20-22-24-26-27-28-29-30-31-32-33-35-37-39-41-43-45-47-49-52-62-54-56(55-64-66(60,61)63-53-51-58(3,4)5)65-57(59)50-48-46-44-42-40-38-36-34-25-23-21-19-17-15-13-11-9-7-2/h17,19,23,25,56H,6-16,18,20-22,24,26-55H2,1-5H3/p+1/b19-17-,25-23-. The van der Waals surface area contributed by atoms with Gasteiger partial charge >= 0.3 is 13.8 Å². The van der Waals surface area contributed by atoms with E-state index in [2.05, 4.69) is 38.2 Å². The molecule has 0 saturated carbocycles. The van der Waals surface area contributed by atoms with E-state index in [0.717, 1.165) is 44.9 Å². The van der Waals surface area contributed by atoms with Crippen LogP contribution in [0.1, 0.15) is 277 Å². The third-order valence-corrected chi connectivity index (χ3v) is 13.7. The molecule has 0 aromatic rings. The molecule has 0 rings (SSSR count). The molecule has 9 heteroatoms. The highest BCUT2D eigenvalue weighted by atomic mass is 31.2. The largest absolute Gasteiger partial charge is 0.472 e. The molecule has 0 aliphatic heterocycles. The summed E-state index contributed by atoms with van der Waals surface area (Å²) in [5.41, 5.74) is 0. The molecule has 1 N–H and O–H groups in total. The van der Waals surface area contributed by atoms with Crippen molar-refractivity contribution < 1.29 is 37.3 Å². The Hall–Kier alpha value is -1.02. The second-order valence-electron chi connectivity index (χ2n) is 20.7. The minimum absolute atomic E-state index is 0.0893. The summed E-state index contributed by atoms with van der Waals surface area (Å²) in [5.74, 6) is -0.315. The number of esters is 1. The molecule has 0 aromatic heterocycles. The lowest BCUT2D eigenvalue weighted by Crippen LogP contribution is -2.37. The van der Waals surface area contributed by atoms with E-state index in [9.17, 15) is 14.3 Å². The fourth-order valence-corrected chi connectivity index (χ4v) is 9.09. The van der Waals surface area contributed by atoms with Crippen LogP contribution in [0.25, 0.3) is 0 Å². The molecular weight excluding hydrogens is 842 g/mol. The fourth-order valence-electron chi connectivity index (χ4n) is 8.35. The maximum atomic E-state index is 12.8. The van der Waals surface area contributed by atoms with Crippen molar-refractivity contribution in [2.24, 2.45) is 0 Å². The van der Waals surface area contributed by atoms with Crippen molar-refractivity contribution in [3.63, 3.8) is 0 Å². The van der Waals surface area contributed by atoms with E-state index in [1.807, 2.05) is 21.1 Å². The molecule has 0 amide bonds. The molecule has 0 aliphatic carbocycles. The number of nitrogens with zero attached hydrogens (tertiary/aromatic N) is 1. The molecule has 0 saturated heterocycles. The Bertz CT molecular complexity index is 1110. The summed E-state index contributed by atoms with van der Waals surface area (Å²) >= 11 is 0. The first-order valence-corrected chi connectivity index (χ1v) is 30.1. The topological polar surface area (TPSA) is 91.3 Å². The summed E-state index contributed by atoms with van der Waals surface area (Å²) in [6.07, 6.45) is 61.0. The smallest absolute Gasteiger partial charge is 0.457 e. The van der Waals surface area contributed by atoms with Crippen LogP contribution in [0.15, 0.2) is 24.3 Å². The lowest BCUT2D eigenvalue weighted by atomic mass is 10.0. The maximum absolute atomic E-state index is 12.8. The molecule has 392 valence electrons. The second kappa shape index (κ2) is 50.4. The summed E-state index contributed by atoms with van der Waals surface area (Å²) in [5, 5.41) is 0. The molecular formula is C57H113NO7P+. The first kappa shape index (κ1) is 65.0. The Morgan fingerprint density at radius 3 is 1.24 bits per heavy atom. The minimum atomic E-state index is -4.28. The van der Waals surface area contributed by atoms with Gasteiger partial charge in [-0.2, -0.15) is 0 Å². The van der Waals surface area contributed by atoms with Gasteiger partial charge in [0.2, 0.25) is 0 Å². The minimum Gasteiger partial charge on any atom is -0.457 e. The number of hydrogen-bond acceptors (Lipinski definition) is 6. The van der Waals surface area contributed by atoms with Gasteiger partial charge in [-0.1, -0.05) is 250 Å². The van der Waals surface area contributed by atoms with Gasteiger partial charge in [0, 0.05) is 13.0 Å². The van der Waals surface area contributed by atoms with E-state index in [1.165, 1.54) is 212 Å². The third-order valence-electron chi connectivity index (χ3n) is 12.8. The Kier molecular flexibility index (Phi) is 49.6. The Balaban J connectivity index is 4.02. The van der Waals surface area contributed by atoms with Crippen molar-refractivity contribution >= 4 is 13.8 Å². The van der Waals surface area contributed by atoms with Crippen molar-refractivity contribution in [3.05, 3.63) is 24.3 Å². The van der Waals surface area contributed by atoms with Gasteiger partial charge in [0.15, 0.2) is 0 Å². The van der Waals surface area contributed by atoms with Crippen LogP contribution < -0.4 is 0 Å². The lowest BCUT2D eigenvalue weighted by molar-refractivity contribution is -0.870. The molecule has 0 bridgehead atoms. The zero-order valence-electron chi connectivity index (χ0n) is 44.7. The SMILES string of the molecule is CCCCCC/C=C\C/C=C\CCCCCCCCCC(=O)OC(COCCCCCCCCCCCCCCCCCCCCCCCCCCCC)COP(=O)(O)OCC[N+](C)(C)C. The molecule has 0 fully saturated rings. The van der Waals surface area contributed by atoms with Crippen molar-refractivity contribution in [2.45, 2.75) is 283 Å². The van der Waals surface area contributed by atoms with Gasteiger partial charge in [0.25, 0.3) is 0 Å². The highest BCUT2D eigenvalue weighted by Crippen LogP contribution is 2.43. The van der Waals surface area contributed by atoms with E-state index in [-0.39, 0.29) is 25.8 Å². The van der Waals surface area contributed by atoms with Crippen LogP contribution in [0, 0.1) is 0 Å². The molecule has 2 unspecified atom stereocenters. The average molecular weight is 956 g/mol. The monoisotopic (exact) mass is 955 g/mol. The van der Waals surface area contributed by atoms with E-state index < -0.39 is 13.9 Å². The number of phosphoric ester groups is 1. The van der Waals surface area contributed by atoms with Gasteiger partial charge in [0.05, 0.1) is 34.4 Å². The first-order valence-electron chi connectivity index (χ1n) is 28.6. The Morgan fingerprint density at radius 1 is 0.470 bits per heavy atom. The molecule has 0 aliphatic rings. The van der Waals surface area contributed by atoms with Crippen LogP contribution in [-0.4, -0.2) is 75.6 Å². The zero-order chi connectivity index (χ0) is 48.3. The first-order chi connectivity index (χ1) is 32.1. The van der Waals surface area contributed by atoms with E-state index in [1.54, 1.807) is 0 Å². The molecule has 0 heterocycles. The van der Waals surface area contributed by atoms with Crippen LogP contribution in [0.3, 0.4) is 0 Å². The zero-order valence-corrected chi connectivity index (χ0v) is 45.6. The molecule has 8 nitrogen and oxygen atoms in total. The van der Waals surface area contributed by atoms with Crippen LogP contribution in [0.5, 0.6) is 0 Å². The quantitative estimate of drug-likeness (QED) is 0.0213. The van der Waals surface area contributed by atoms with Crippen molar-refractivity contribution in [2.75, 3.05) is 54.1 Å². The van der Waals surface area contributed by atoms with E-state index in [4.69, 9.17) is 18.5 Å². The summed E-state index contributed by atoms with van der Waals surface area (Å²) in [6, 6.07) is 0. The van der Waals surface area contributed by atoms with Crippen LogP contribution in [0.4, 0.5) is 0 Å². The van der Waals surface area contributed by atoms with Gasteiger partial charge < -0.3 is 18.9 Å². The Labute approximate surface area is 411 Å². The second-order valence-corrected chi connectivity index (χ2v) is 22.1. The van der Waals surface area contributed by atoms with Gasteiger partial charge in [-0.25, -0.2) is 4.57 Å². The number of unbranched alkanes of at least 4 members (excludes halogenated alkanes) is 36. The number of quaternary nitrogens is 1. The number of allylic oxidation sites excluding steroid dienone is 4. The number of phosphoric acid groups is 1. The molecule has 0 aromatic carbocycles. The summed E-state index contributed by atoms with van der Waals surface area (Å²) in [7, 11) is 1.68. The number of likely N-dealkylation sites (N-methyl/N-ethyl adjacent to an activating group) is 1. The van der Waals surface area contributed by atoms with Gasteiger partial charge in [0.1, 0.15) is 19.3 Å².